The van der Waals surface area contributed by atoms with E-state index in [-0.39, 0.29) is 23.3 Å². The lowest BCUT2D eigenvalue weighted by Gasteiger charge is -2.31. The molecular weight excluding hydrogens is 445 g/mol. The summed E-state index contributed by atoms with van der Waals surface area (Å²) in [6, 6.07) is 6.51. The first kappa shape index (κ1) is 24.8. The summed E-state index contributed by atoms with van der Waals surface area (Å²) in [5, 5.41) is 18.2. The summed E-state index contributed by atoms with van der Waals surface area (Å²) in [7, 11) is 0. The molecule has 0 aliphatic carbocycles. The summed E-state index contributed by atoms with van der Waals surface area (Å²) in [5.74, 6) is 1.92. The average Bonchev–Trinajstić information content (AvgIpc) is 3.39. The first-order valence-electron chi connectivity index (χ1n) is 12.1. The SMILES string of the molecule is CCc1nc(COc2nn3c(-c4ccccc4F)nnc3c(C(C)(C)C)c2C(C)(C)C)n(CC)n1. The van der Waals surface area contributed by atoms with Crippen LogP contribution in [0.25, 0.3) is 17.0 Å². The Labute approximate surface area is 205 Å². The minimum atomic E-state index is -0.383. The molecule has 0 bridgehead atoms. The standard InChI is InChI=1S/C26H34FN7O/c1-9-18-28-19(33(10-2)31-18)15-35-24-21(26(6,7)8)20(25(3,4)5)23-30-29-22(34(23)32-24)16-13-11-12-14-17(16)27/h11-14H,9-10,15H2,1-8H3. The topological polar surface area (TPSA) is 83.0 Å². The fourth-order valence-corrected chi connectivity index (χ4v) is 4.28. The highest BCUT2D eigenvalue weighted by atomic mass is 19.1. The van der Waals surface area contributed by atoms with Crippen LogP contribution in [0, 0.1) is 5.82 Å². The Kier molecular flexibility index (Phi) is 6.38. The molecule has 0 radical (unpaired) electrons. The number of fused-ring (bicyclic) bond motifs is 1. The van der Waals surface area contributed by atoms with E-state index in [0.29, 0.717) is 29.5 Å². The molecule has 0 atom stereocenters. The highest BCUT2D eigenvalue weighted by molar-refractivity contribution is 5.65. The molecule has 3 aromatic heterocycles. The molecule has 3 heterocycles. The van der Waals surface area contributed by atoms with Crippen molar-refractivity contribution in [2.45, 2.75) is 85.8 Å². The van der Waals surface area contributed by atoms with E-state index < -0.39 is 0 Å². The molecule has 9 heteroatoms. The fraction of sp³-hybridized carbons (Fsp3) is 0.500. The molecule has 35 heavy (non-hydrogen) atoms. The van der Waals surface area contributed by atoms with E-state index in [1.807, 2.05) is 18.5 Å². The van der Waals surface area contributed by atoms with Gasteiger partial charge in [-0.2, -0.15) is 9.61 Å². The van der Waals surface area contributed by atoms with Gasteiger partial charge in [-0.3, -0.25) is 0 Å². The summed E-state index contributed by atoms with van der Waals surface area (Å²) in [6.07, 6.45) is 0.748. The predicted octanol–water partition coefficient (Wildman–Crippen LogP) is 5.28. The summed E-state index contributed by atoms with van der Waals surface area (Å²) in [6.45, 7) is 17.7. The van der Waals surface area contributed by atoms with E-state index in [9.17, 15) is 4.39 Å². The van der Waals surface area contributed by atoms with Crippen LogP contribution in [0.2, 0.25) is 0 Å². The average molecular weight is 480 g/mol. The zero-order valence-corrected chi connectivity index (χ0v) is 21.8. The van der Waals surface area contributed by atoms with E-state index in [2.05, 4.69) is 61.8 Å². The van der Waals surface area contributed by atoms with Crippen molar-refractivity contribution in [3.05, 3.63) is 52.9 Å². The predicted molar refractivity (Wildman–Crippen MR) is 133 cm³/mol. The number of halogens is 1. The summed E-state index contributed by atoms with van der Waals surface area (Å²) in [5.41, 5.74) is 2.24. The van der Waals surface area contributed by atoms with Crippen molar-refractivity contribution in [2.24, 2.45) is 0 Å². The summed E-state index contributed by atoms with van der Waals surface area (Å²) >= 11 is 0. The van der Waals surface area contributed by atoms with Gasteiger partial charge in [0.1, 0.15) is 12.4 Å². The summed E-state index contributed by atoms with van der Waals surface area (Å²) < 4.78 is 24.5. The minimum absolute atomic E-state index is 0.211. The van der Waals surface area contributed by atoms with Gasteiger partial charge in [0.05, 0.1) is 5.56 Å². The Balaban J connectivity index is 1.95. The number of benzene rings is 1. The normalized spacial score (nSPS) is 12.5. The summed E-state index contributed by atoms with van der Waals surface area (Å²) in [4.78, 5) is 4.62. The van der Waals surface area contributed by atoms with Crippen molar-refractivity contribution in [3.63, 3.8) is 0 Å². The number of aromatic nitrogens is 7. The maximum Gasteiger partial charge on any atom is 0.236 e. The third-order valence-corrected chi connectivity index (χ3v) is 5.88. The lowest BCUT2D eigenvalue weighted by molar-refractivity contribution is 0.262. The lowest BCUT2D eigenvalue weighted by atomic mass is 9.76. The highest BCUT2D eigenvalue weighted by Crippen LogP contribution is 2.41. The molecule has 0 amide bonds. The number of ether oxygens (including phenoxy) is 1. The second-order valence-corrected chi connectivity index (χ2v) is 10.7. The Bertz CT molecular complexity index is 1360. The molecule has 8 nitrogen and oxygen atoms in total. The van der Waals surface area contributed by atoms with Gasteiger partial charge in [0.2, 0.25) is 5.88 Å². The molecule has 4 aromatic rings. The maximum atomic E-state index is 14.7. The quantitative estimate of drug-likeness (QED) is 0.374. The number of nitrogens with zero attached hydrogens (tertiary/aromatic N) is 7. The highest BCUT2D eigenvalue weighted by Gasteiger charge is 2.34. The van der Waals surface area contributed by atoms with Gasteiger partial charge < -0.3 is 4.74 Å². The Morgan fingerprint density at radius 1 is 0.914 bits per heavy atom. The molecule has 0 spiro atoms. The zero-order valence-electron chi connectivity index (χ0n) is 21.8. The van der Waals surface area contributed by atoms with Crippen LogP contribution in [0.15, 0.2) is 24.3 Å². The molecule has 0 saturated carbocycles. The van der Waals surface area contributed by atoms with Gasteiger partial charge in [0.25, 0.3) is 0 Å². The Morgan fingerprint density at radius 2 is 1.60 bits per heavy atom. The number of rotatable bonds is 6. The molecule has 4 rings (SSSR count). The number of hydrogen-bond acceptors (Lipinski definition) is 6. The first-order chi connectivity index (χ1) is 16.5. The molecule has 0 saturated heterocycles. The molecule has 0 fully saturated rings. The van der Waals surface area contributed by atoms with Crippen LogP contribution in [0.1, 0.15) is 78.2 Å². The number of hydrogen-bond donors (Lipinski definition) is 0. The number of aryl methyl sites for hydroxylation is 2. The zero-order chi connectivity index (χ0) is 25.5. The van der Waals surface area contributed by atoms with Crippen LogP contribution in [0.3, 0.4) is 0 Å². The third-order valence-electron chi connectivity index (χ3n) is 5.88. The van der Waals surface area contributed by atoms with E-state index in [0.717, 1.165) is 29.2 Å². The second kappa shape index (κ2) is 9.02. The van der Waals surface area contributed by atoms with Crippen molar-refractivity contribution in [1.29, 1.82) is 0 Å². The molecule has 0 N–H and O–H groups in total. The van der Waals surface area contributed by atoms with E-state index in [1.54, 1.807) is 22.7 Å². The van der Waals surface area contributed by atoms with Gasteiger partial charge in [0, 0.05) is 24.1 Å². The monoisotopic (exact) mass is 479 g/mol. The van der Waals surface area contributed by atoms with Crippen LogP contribution in [0.4, 0.5) is 4.39 Å². The molecule has 1 aromatic carbocycles. The maximum absolute atomic E-state index is 14.7. The van der Waals surface area contributed by atoms with Crippen LogP contribution in [-0.4, -0.2) is 34.6 Å². The van der Waals surface area contributed by atoms with E-state index in [1.165, 1.54) is 6.07 Å². The second-order valence-electron chi connectivity index (χ2n) is 10.7. The minimum Gasteiger partial charge on any atom is -0.468 e. The van der Waals surface area contributed by atoms with Gasteiger partial charge in [-0.25, -0.2) is 14.1 Å². The van der Waals surface area contributed by atoms with Crippen LogP contribution in [-0.2, 0) is 30.4 Å². The molecular formula is C26H34FN7O. The van der Waals surface area contributed by atoms with E-state index in [4.69, 9.17) is 9.84 Å². The van der Waals surface area contributed by atoms with Crippen molar-refractivity contribution in [2.75, 3.05) is 0 Å². The molecule has 0 unspecified atom stereocenters. The van der Waals surface area contributed by atoms with Crippen molar-refractivity contribution >= 4 is 5.65 Å². The first-order valence-corrected chi connectivity index (χ1v) is 12.1. The Hall–Kier alpha value is -3.36. The van der Waals surface area contributed by atoms with Crippen LogP contribution in [0.5, 0.6) is 5.88 Å². The van der Waals surface area contributed by atoms with E-state index >= 15 is 0 Å². The van der Waals surface area contributed by atoms with Crippen molar-refractivity contribution in [3.8, 4) is 17.3 Å². The molecule has 0 aliphatic rings. The smallest absolute Gasteiger partial charge is 0.236 e. The largest absolute Gasteiger partial charge is 0.468 e. The molecule has 0 aliphatic heterocycles. The van der Waals surface area contributed by atoms with Gasteiger partial charge in [0.15, 0.2) is 23.1 Å². The van der Waals surface area contributed by atoms with Crippen LogP contribution < -0.4 is 4.74 Å². The van der Waals surface area contributed by atoms with Gasteiger partial charge in [-0.05, 0) is 29.9 Å². The fourth-order valence-electron chi connectivity index (χ4n) is 4.28. The van der Waals surface area contributed by atoms with Gasteiger partial charge in [-0.1, -0.05) is 60.6 Å². The third kappa shape index (κ3) is 4.63. The van der Waals surface area contributed by atoms with Crippen LogP contribution >= 0.6 is 0 Å². The lowest BCUT2D eigenvalue weighted by Crippen LogP contribution is -2.26. The van der Waals surface area contributed by atoms with Gasteiger partial charge in [-0.15, -0.1) is 15.3 Å². The van der Waals surface area contributed by atoms with Crippen molar-refractivity contribution < 1.29 is 9.13 Å². The Morgan fingerprint density at radius 3 is 2.20 bits per heavy atom. The van der Waals surface area contributed by atoms with Gasteiger partial charge >= 0.3 is 0 Å². The molecule has 186 valence electrons. The van der Waals surface area contributed by atoms with Crippen molar-refractivity contribution in [1.82, 2.24) is 34.6 Å².